The maximum absolute atomic E-state index is 13.7. The molecule has 0 atom stereocenters. The van der Waals surface area contributed by atoms with Crippen molar-refractivity contribution in [3.8, 4) is 0 Å². The lowest BCUT2D eigenvalue weighted by atomic mass is 10.1. The lowest BCUT2D eigenvalue weighted by Gasteiger charge is -2.34. The Morgan fingerprint density at radius 3 is 2.46 bits per heavy atom. The molecule has 1 N–H and O–H groups in total. The van der Waals surface area contributed by atoms with Crippen molar-refractivity contribution in [1.29, 1.82) is 0 Å². The van der Waals surface area contributed by atoms with Crippen molar-refractivity contribution in [2.45, 2.75) is 18.2 Å². The van der Waals surface area contributed by atoms with Crippen LogP contribution in [-0.4, -0.2) is 60.7 Å². The van der Waals surface area contributed by atoms with E-state index in [1.807, 2.05) is 36.4 Å². The number of nitrogens with zero attached hydrogens (tertiary/aromatic N) is 2. The molecule has 2 aromatic carbocycles. The molecule has 4 nitrogen and oxygen atoms in total. The van der Waals surface area contributed by atoms with Gasteiger partial charge in [-0.15, -0.1) is 11.8 Å². The molecule has 1 amide bonds. The lowest BCUT2D eigenvalue weighted by Crippen LogP contribution is -2.49. The standard InChI is InChI=1S/C22H28FN3OS/c1-2-18-7-3-5-9-20(18)24-22(27)17-26-13-11-25(12-14-26)15-16-28-21-10-6-4-8-19(21)23/h3-10H,2,11-17H2,1H3,(H,24,27). The van der Waals surface area contributed by atoms with Gasteiger partial charge in [0.2, 0.25) is 5.91 Å². The van der Waals surface area contributed by atoms with E-state index in [1.165, 1.54) is 6.07 Å². The van der Waals surface area contributed by atoms with E-state index >= 15 is 0 Å². The maximum atomic E-state index is 13.7. The zero-order valence-electron chi connectivity index (χ0n) is 16.4. The quantitative estimate of drug-likeness (QED) is 0.684. The molecule has 0 spiro atoms. The zero-order valence-corrected chi connectivity index (χ0v) is 17.2. The summed E-state index contributed by atoms with van der Waals surface area (Å²) in [4.78, 5) is 17.7. The van der Waals surface area contributed by atoms with Crippen LogP contribution in [0.15, 0.2) is 53.4 Å². The molecular weight excluding hydrogens is 373 g/mol. The van der Waals surface area contributed by atoms with E-state index in [4.69, 9.17) is 0 Å². The van der Waals surface area contributed by atoms with Gasteiger partial charge in [0.1, 0.15) is 5.82 Å². The molecule has 1 aliphatic rings. The fraction of sp³-hybridized carbons (Fsp3) is 0.409. The Morgan fingerprint density at radius 2 is 1.71 bits per heavy atom. The molecule has 0 bridgehead atoms. The fourth-order valence-electron chi connectivity index (χ4n) is 3.36. The summed E-state index contributed by atoms with van der Waals surface area (Å²) < 4.78 is 13.7. The minimum atomic E-state index is -0.145. The molecule has 0 aliphatic carbocycles. The number of piperazine rings is 1. The number of hydrogen-bond acceptors (Lipinski definition) is 4. The first-order valence-electron chi connectivity index (χ1n) is 9.85. The van der Waals surface area contributed by atoms with Crippen molar-refractivity contribution < 1.29 is 9.18 Å². The monoisotopic (exact) mass is 401 g/mol. The summed E-state index contributed by atoms with van der Waals surface area (Å²) in [5, 5.41) is 3.04. The summed E-state index contributed by atoms with van der Waals surface area (Å²) >= 11 is 1.56. The van der Waals surface area contributed by atoms with Crippen LogP contribution in [0, 0.1) is 5.82 Å². The van der Waals surface area contributed by atoms with Gasteiger partial charge in [-0.3, -0.25) is 14.6 Å². The summed E-state index contributed by atoms with van der Waals surface area (Å²) in [6.07, 6.45) is 0.903. The minimum absolute atomic E-state index is 0.0458. The highest BCUT2D eigenvalue weighted by Gasteiger charge is 2.19. The Bertz CT molecular complexity index is 778. The molecule has 6 heteroatoms. The average Bonchev–Trinajstić information content (AvgIpc) is 2.71. The molecule has 0 radical (unpaired) electrons. The minimum Gasteiger partial charge on any atom is -0.325 e. The number of hydrogen-bond donors (Lipinski definition) is 1. The van der Waals surface area contributed by atoms with E-state index in [0.29, 0.717) is 11.4 Å². The molecule has 1 fully saturated rings. The van der Waals surface area contributed by atoms with Gasteiger partial charge in [0.25, 0.3) is 0 Å². The number of carbonyl (C=O) groups excluding carboxylic acids is 1. The van der Waals surface area contributed by atoms with Crippen LogP contribution in [0.3, 0.4) is 0 Å². The normalized spacial score (nSPS) is 15.5. The number of amides is 1. The van der Waals surface area contributed by atoms with E-state index < -0.39 is 0 Å². The van der Waals surface area contributed by atoms with Gasteiger partial charge in [-0.1, -0.05) is 37.3 Å². The van der Waals surface area contributed by atoms with Crippen LogP contribution in [0.5, 0.6) is 0 Å². The van der Waals surface area contributed by atoms with Crippen molar-refractivity contribution in [3.63, 3.8) is 0 Å². The fourth-order valence-corrected chi connectivity index (χ4v) is 4.31. The number of para-hydroxylation sites is 1. The summed E-state index contributed by atoms with van der Waals surface area (Å²) in [6.45, 7) is 7.10. The van der Waals surface area contributed by atoms with Crippen LogP contribution in [0.4, 0.5) is 10.1 Å². The number of halogens is 1. The summed E-state index contributed by atoms with van der Waals surface area (Å²) in [5.41, 5.74) is 2.08. The van der Waals surface area contributed by atoms with Gasteiger partial charge in [0.05, 0.1) is 6.54 Å². The highest BCUT2D eigenvalue weighted by atomic mass is 32.2. The number of nitrogens with one attached hydrogen (secondary N) is 1. The number of aryl methyl sites for hydroxylation is 1. The number of thioether (sulfide) groups is 1. The van der Waals surface area contributed by atoms with Crippen LogP contribution >= 0.6 is 11.8 Å². The van der Waals surface area contributed by atoms with Crippen molar-refractivity contribution >= 4 is 23.4 Å². The molecule has 0 aromatic heterocycles. The van der Waals surface area contributed by atoms with Gasteiger partial charge in [-0.05, 0) is 30.2 Å². The molecule has 2 aromatic rings. The highest BCUT2D eigenvalue weighted by molar-refractivity contribution is 7.99. The Balaban J connectivity index is 1.37. The molecule has 0 saturated carbocycles. The third-order valence-corrected chi connectivity index (χ3v) is 6.03. The highest BCUT2D eigenvalue weighted by Crippen LogP contribution is 2.21. The van der Waals surface area contributed by atoms with Gasteiger partial charge >= 0.3 is 0 Å². The molecule has 3 rings (SSSR count). The van der Waals surface area contributed by atoms with Crippen molar-refractivity contribution in [3.05, 3.63) is 59.9 Å². The van der Waals surface area contributed by atoms with Gasteiger partial charge < -0.3 is 5.32 Å². The van der Waals surface area contributed by atoms with E-state index in [9.17, 15) is 9.18 Å². The third-order valence-electron chi connectivity index (χ3n) is 5.01. The third kappa shape index (κ3) is 6.06. The molecule has 1 saturated heterocycles. The Kier molecular flexibility index (Phi) is 7.89. The maximum Gasteiger partial charge on any atom is 0.238 e. The van der Waals surface area contributed by atoms with Crippen molar-refractivity contribution in [2.24, 2.45) is 0 Å². The number of rotatable bonds is 8. The second kappa shape index (κ2) is 10.6. The zero-order chi connectivity index (χ0) is 19.8. The molecule has 28 heavy (non-hydrogen) atoms. The predicted molar refractivity (Wildman–Crippen MR) is 114 cm³/mol. The average molecular weight is 402 g/mol. The summed E-state index contributed by atoms with van der Waals surface area (Å²) in [7, 11) is 0. The smallest absolute Gasteiger partial charge is 0.238 e. The number of benzene rings is 2. The largest absolute Gasteiger partial charge is 0.325 e. The van der Waals surface area contributed by atoms with Crippen LogP contribution in [0.2, 0.25) is 0 Å². The van der Waals surface area contributed by atoms with E-state index in [2.05, 4.69) is 22.0 Å². The van der Waals surface area contributed by atoms with Gasteiger partial charge in [0, 0.05) is 49.1 Å². The lowest BCUT2D eigenvalue weighted by molar-refractivity contribution is -0.117. The molecule has 1 aliphatic heterocycles. The van der Waals surface area contributed by atoms with Gasteiger partial charge in [0.15, 0.2) is 0 Å². The molecule has 1 heterocycles. The Morgan fingerprint density at radius 1 is 1.04 bits per heavy atom. The van der Waals surface area contributed by atoms with Gasteiger partial charge in [-0.25, -0.2) is 4.39 Å². The Hall–Kier alpha value is -1.89. The summed E-state index contributed by atoms with van der Waals surface area (Å²) in [5.74, 6) is 0.771. The first kappa shape index (κ1) is 20.8. The van der Waals surface area contributed by atoms with Crippen LogP contribution in [0.25, 0.3) is 0 Å². The molecule has 0 unspecified atom stereocenters. The van der Waals surface area contributed by atoms with Crippen molar-refractivity contribution in [2.75, 3.05) is 50.3 Å². The predicted octanol–water partition coefficient (Wildman–Crippen LogP) is 3.74. The van der Waals surface area contributed by atoms with Crippen LogP contribution in [-0.2, 0) is 11.2 Å². The first-order chi connectivity index (χ1) is 13.7. The second-order valence-electron chi connectivity index (χ2n) is 6.96. The van der Waals surface area contributed by atoms with Crippen LogP contribution in [0.1, 0.15) is 12.5 Å². The van der Waals surface area contributed by atoms with Crippen molar-refractivity contribution in [1.82, 2.24) is 9.80 Å². The van der Waals surface area contributed by atoms with E-state index in [-0.39, 0.29) is 11.7 Å². The first-order valence-corrected chi connectivity index (χ1v) is 10.8. The summed E-state index contributed by atoms with van der Waals surface area (Å²) in [6, 6.07) is 14.9. The van der Waals surface area contributed by atoms with Crippen LogP contribution < -0.4 is 5.32 Å². The number of carbonyl (C=O) groups is 1. The van der Waals surface area contributed by atoms with E-state index in [0.717, 1.165) is 56.1 Å². The van der Waals surface area contributed by atoms with E-state index in [1.54, 1.807) is 17.8 Å². The number of anilines is 1. The molecular formula is C22H28FN3OS. The second-order valence-corrected chi connectivity index (χ2v) is 8.09. The topological polar surface area (TPSA) is 35.6 Å². The van der Waals surface area contributed by atoms with Gasteiger partial charge in [-0.2, -0.15) is 0 Å². The molecule has 150 valence electrons. The SMILES string of the molecule is CCc1ccccc1NC(=O)CN1CCN(CCSc2ccccc2F)CC1. The Labute approximate surface area is 171 Å².